The maximum atomic E-state index is 5.51. The van der Waals surface area contributed by atoms with Crippen LogP contribution in [0.3, 0.4) is 0 Å². The zero-order valence-electron chi connectivity index (χ0n) is 8.51. The molecule has 2 aliphatic heterocycles. The first-order chi connectivity index (χ1) is 7.30. The fourth-order valence-corrected chi connectivity index (χ4v) is 1.95. The molecule has 1 aromatic carbocycles. The molecule has 4 heteroatoms. The molecule has 2 aliphatic rings. The van der Waals surface area contributed by atoms with E-state index in [4.69, 9.17) is 9.57 Å². The highest BCUT2D eigenvalue weighted by Crippen LogP contribution is 2.31. The monoisotopic (exact) mass is 204 g/mol. The first-order valence-corrected chi connectivity index (χ1v) is 5.03. The van der Waals surface area contributed by atoms with Crippen LogP contribution in [0.1, 0.15) is 12.5 Å². The number of oxime groups is 1. The van der Waals surface area contributed by atoms with Gasteiger partial charge in [0, 0.05) is 19.0 Å². The van der Waals surface area contributed by atoms with Gasteiger partial charge in [0.2, 0.25) is 0 Å². The van der Waals surface area contributed by atoms with Gasteiger partial charge in [-0.25, -0.2) is 0 Å². The highest BCUT2D eigenvalue weighted by Gasteiger charge is 2.47. The molecule has 0 N–H and O–H groups in total. The van der Waals surface area contributed by atoms with Gasteiger partial charge in [-0.2, -0.15) is 0 Å². The Morgan fingerprint density at radius 1 is 1.33 bits per heavy atom. The topological polar surface area (TPSA) is 34.1 Å². The Hall–Kier alpha value is -1.55. The molecule has 0 aromatic heterocycles. The average molecular weight is 204 g/mol. The van der Waals surface area contributed by atoms with E-state index in [1.807, 2.05) is 42.2 Å². The molecule has 2 heterocycles. The Morgan fingerprint density at radius 3 is 2.93 bits per heavy atom. The molecule has 0 amide bonds. The minimum absolute atomic E-state index is 0.683. The van der Waals surface area contributed by atoms with Gasteiger partial charge in [-0.15, -0.1) is 0 Å². The third-order valence-corrected chi connectivity index (χ3v) is 2.76. The number of benzene rings is 1. The molecule has 1 saturated heterocycles. The minimum atomic E-state index is -0.689. The molecule has 3 rings (SSSR count). The van der Waals surface area contributed by atoms with E-state index in [0.29, 0.717) is 6.61 Å². The van der Waals surface area contributed by atoms with Crippen molar-refractivity contribution < 1.29 is 9.57 Å². The Balaban J connectivity index is 1.96. The number of ether oxygens (including phenoxy) is 1. The number of fused-ring (bicyclic) bond motifs is 1. The van der Waals surface area contributed by atoms with E-state index in [-0.39, 0.29) is 0 Å². The number of nitrogens with zero attached hydrogens (tertiary/aromatic N) is 2. The summed E-state index contributed by atoms with van der Waals surface area (Å²) < 4.78 is 5.51. The fraction of sp³-hybridized carbons (Fsp3) is 0.364. The van der Waals surface area contributed by atoms with Gasteiger partial charge in [-0.3, -0.25) is 4.90 Å². The molecular formula is C11H12N2O2. The lowest BCUT2D eigenvalue weighted by molar-refractivity contribution is -0.228. The van der Waals surface area contributed by atoms with E-state index in [0.717, 1.165) is 17.9 Å². The van der Waals surface area contributed by atoms with Crippen LogP contribution in [0, 0.1) is 0 Å². The van der Waals surface area contributed by atoms with Gasteiger partial charge in [0.15, 0.2) is 5.84 Å². The molecule has 78 valence electrons. The number of rotatable bonds is 1. The van der Waals surface area contributed by atoms with Crippen molar-refractivity contribution in [2.24, 2.45) is 5.16 Å². The van der Waals surface area contributed by atoms with E-state index >= 15 is 0 Å². The van der Waals surface area contributed by atoms with Crippen molar-refractivity contribution in [1.82, 2.24) is 4.90 Å². The predicted octanol–water partition coefficient (Wildman–Crippen LogP) is 1.38. The standard InChI is InChI=1S/C11H12N2O2/c1-11-13(7-8-14-11)10(12-15-11)9-5-3-2-4-6-9/h2-6H,7-8H2,1H3. The second-order valence-electron chi connectivity index (χ2n) is 3.77. The van der Waals surface area contributed by atoms with Crippen molar-refractivity contribution in [2.45, 2.75) is 12.8 Å². The van der Waals surface area contributed by atoms with Crippen LogP contribution in [0.4, 0.5) is 0 Å². The van der Waals surface area contributed by atoms with Crippen molar-refractivity contribution in [3.05, 3.63) is 35.9 Å². The van der Waals surface area contributed by atoms with Crippen molar-refractivity contribution in [1.29, 1.82) is 0 Å². The fourth-order valence-electron chi connectivity index (χ4n) is 1.95. The summed E-state index contributed by atoms with van der Waals surface area (Å²) in [7, 11) is 0. The van der Waals surface area contributed by atoms with Crippen LogP contribution in [-0.2, 0) is 9.57 Å². The zero-order valence-corrected chi connectivity index (χ0v) is 8.51. The highest BCUT2D eigenvalue weighted by molar-refractivity contribution is 5.99. The van der Waals surface area contributed by atoms with Gasteiger partial charge < -0.3 is 9.57 Å². The number of amidine groups is 1. The summed E-state index contributed by atoms with van der Waals surface area (Å²) in [6.07, 6.45) is 0. The predicted molar refractivity (Wildman–Crippen MR) is 55.1 cm³/mol. The molecule has 0 aliphatic carbocycles. The van der Waals surface area contributed by atoms with Gasteiger partial charge in [-0.1, -0.05) is 35.5 Å². The number of hydrogen-bond donors (Lipinski definition) is 0. The second kappa shape index (κ2) is 2.97. The van der Waals surface area contributed by atoms with Crippen LogP contribution in [0.15, 0.2) is 35.5 Å². The van der Waals surface area contributed by atoms with E-state index in [2.05, 4.69) is 5.16 Å². The summed E-state index contributed by atoms with van der Waals surface area (Å²) in [6, 6.07) is 10.0. The Morgan fingerprint density at radius 2 is 2.13 bits per heavy atom. The first kappa shape index (κ1) is 8.73. The molecule has 15 heavy (non-hydrogen) atoms. The summed E-state index contributed by atoms with van der Waals surface area (Å²) >= 11 is 0. The average Bonchev–Trinajstić information content (AvgIpc) is 2.76. The smallest absolute Gasteiger partial charge is 0.317 e. The zero-order chi connectivity index (χ0) is 10.3. The lowest BCUT2D eigenvalue weighted by atomic mass is 10.2. The summed E-state index contributed by atoms with van der Waals surface area (Å²) in [6.45, 7) is 3.39. The van der Waals surface area contributed by atoms with Gasteiger partial charge in [0.05, 0.1) is 6.61 Å². The number of hydrogen-bond acceptors (Lipinski definition) is 4. The third-order valence-electron chi connectivity index (χ3n) is 2.76. The first-order valence-electron chi connectivity index (χ1n) is 5.03. The molecule has 1 aromatic rings. The van der Waals surface area contributed by atoms with E-state index in [1.165, 1.54) is 0 Å². The molecule has 1 unspecified atom stereocenters. The van der Waals surface area contributed by atoms with Crippen LogP contribution >= 0.6 is 0 Å². The Bertz CT molecular complexity index is 404. The van der Waals surface area contributed by atoms with Crippen molar-refractivity contribution in [3.8, 4) is 0 Å². The van der Waals surface area contributed by atoms with Crippen molar-refractivity contribution >= 4 is 5.84 Å². The molecule has 4 nitrogen and oxygen atoms in total. The molecule has 0 radical (unpaired) electrons. The van der Waals surface area contributed by atoms with Crippen molar-refractivity contribution in [2.75, 3.05) is 13.2 Å². The lowest BCUT2D eigenvalue weighted by Crippen LogP contribution is -2.42. The van der Waals surface area contributed by atoms with E-state index < -0.39 is 5.91 Å². The van der Waals surface area contributed by atoms with Gasteiger partial charge >= 0.3 is 5.91 Å². The van der Waals surface area contributed by atoms with E-state index in [9.17, 15) is 0 Å². The third kappa shape index (κ3) is 1.22. The molecule has 1 atom stereocenters. The minimum Gasteiger partial charge on any atom is -0.337 e. The van der Waals surface area contributed by atoms with Crippen LogP contribution in [0.5, 0.6) is 0 Å². The largest absolute Gasteiger partial charge is 0.337 e. The Labute approximate surface area is 88.1 Å². The molecule has 1 fully saturated rings. The molecule has 0 spiro atoms. The molecule has 0 bridgehead atoms. The quantitative estimate of drug-likeness (QED) is 0.693. The van der Waals surface area contributed by atoms with Crippen LogP contribution < -0.4 is 0 Å². The maximum absolute atomic E-state index is 5.51. The summed E-state index contributed by atoms with van der Waals surface area (Å²) in [5.41, 5.74) is 1.06. The normalized spacial score (nSPS) is 28.6. The summed E-state index contributed by atoms with van der Waals surface area (Å²) in [4.78, 5) is 7.37. The van der Waals surface area contributed by atoms with Gasteiger partial charge in [0.25, 0.3) is 0 Å². The van der Waals surface area contributed by atoms with Gasteiger partial charge in [0.1, 0.15) is 0 Å². The second-order valence-corrected chi connectivity index (χ2v) is 3.77. The molecular weight excluding hydrogens is 192 g/mol. The Kier molecular flexibility index (Phi) is 1.73. The molecule has 0 saturated carbocycles. The van der Waals surface area contributed by atoms with Crippen molar-refractivity contribution in [3.63, 3.8) is 0 Å². The van der Waals surface area contributed by atoms with Gasteiger partial charge in [-0.05, 0) is 0 Å². The van der Waals surface area contributed by atoms with Crippen LogP contribution in [0.25, 0.3) is 0 Å². The van der Waals surface area contributed by atoms with Crippen LogP contribution in [-0.4, -0.2) is 29.8 Å². The summed E-state index contributed by atoms with van der Waals surface area (Å²) in [5, 5.41) is 4.08. The van der Waals surface area contributed by atoms with Crippen LogP contribution in [0.2, 0.25) is 0 Å². The summed E-state index contributed by atoms with van der Waals surface area (Å²) in [5.74, 6) is 0.168. The maximum Gasteiger partial charge on any atom is 0.317 e. The SMILES string of the molecule is CC12OCCN1C(c1ccccc1)=NO2. The van der Waals surface area contributed by atoms with E-state index in [1.54, 1.807) is 0 Å². The highest BCUT2D eigenvalue weighted by atomic mass is 16.8. The lowest BCUT2D eigenvalue weighted by Gasteiger charge is -2.24.